The van der Waals surface area contributed by atoms with Crippen molar-refractivity contribution in [2.45, 2.75) is 38.1 Å². The molecule has 168 valence electrons. The van der Waals surface area contributed by atoms with E-state index in [1.807, 2.05) is 29.2 Å². The van der Waals surface area contributed by atoms with Gasteiger partial charge in [-0.3, -0.25) is 14.5 Å². The molecule has 0 aliphatic carbocycles. The Morgan fingerprint density at radius 1 is 1.12 bits per heavy atom. The third-order valence-electron chi connectivity index (χ3n) is 7.20. The number of carbonyl (C=O) groups excluding carboxylic acids is 2. The highest BCUT2D eigenvalue weighted by atomic mass is 35.5. The molecule has 0 aromatic heterocycles. The first-order valence-electron chi connectivity index (χ1n) is 11.3. The van der Waals surface area contributed by atoms with Crippen LogP contribution in [-0.4, -0.2) is 54.4 Å². The minimum absolute atomic E-state index is 0.100. The summed E-state index contributed by atoms with van der Waals surface area (Å²) in [5, 5.41) is 3.71. The van der Waals surface area contributed by atoms with E-state index in [1.165, 1.54) is 11.1 Å². The van der Waals surface area contributed by atoms with Gasteiger partial charge in [0.15, 0.2) is 0 Å². The molecule has 32 heavy (non-hydrogen) atoms. The Kier molecular flexibility index (Phi) is 5.59. The number of hydrogen-bond acceptors (Lipinski definition) is 4. The molecular weight excluding hydrogens is 426 g/mol. The Balaban J connectivity index is 1.15. The summed E-state index contributed by atoms with van der Waals surface area (Å²) in [6, 6.07) is 11.9. The number of ether oxygens (including phenoxy) is 1. The molecule has 0 radical (unpaired) electrons. The van der Waals surface area contributed by atoms with Crippen LogP contribution in [0.3, 0.4) is 0 Å². The maximum Gasteiger partial charge on any atom is 0.235 e. The molecule has 5 rings (SSSR count). The summed E-state index contributed by atoms with van der Waals surface area (Å²) in [7, 11) is 0. The zero-order chi connectivity index (χ0) is 22.3. The summed E-state index contributed by atoms with van der Waals surface area (Å²) in [6.07, 6.45) is 2.45. The van der Waals surface area contributed by atoms with Crippen LogP contribution in [-0.2, 0) is 28.0 Å². The van der Waals surface area contributed by atoms with Gasteiger partial charge >= 0.3 is 0 Å². The first-order valence-corrected chi connectivity index (χ1v) is 11.7. The summed E-state index contributed by atoms with van der Waals surface area (Å²) >= 11 is 6.21. The number of nitrogens with one attached hydrogen (secondary N) is 1. The normalized spacial score (nSPS) is 19.4. The highest BCUT2D eigenvalue weighted by Crippen LogP contribution is 2.45. The van der Waals surface area contributed by atoms with E-state index in [0.29, 0.717) is 18.2 Å². The Bertz CT molecular complexity index is 1060. The molecule has 2 aromatic carbocycles. The van der Waals surface area contributed by atoms with Crippen LogP contribution in [0.4, 0.5) is 5.69 Å². The molecule has 2 amide bonds. The van der Waals surface area contributed by atoms with Crippen molar-refractivity contribution in [1.82, 2.24) is 9.80 Å². The van der Waals surface area contributed by atoms with E-state index in [4.69, 9.17) is 16.3 Å². The van der Waals surface area contributed by atoms with Gasteiger partial charge in [-0.25, -0.2) is 0 Å². The minimum atomic E-state index is -0.455. The summed E-state index contributed by atoms with van der Waals surface area (Å²) in [5.41, 5.74) is 3.96. The third kappa shape index (κ3) is 3.86. The molecule has 2 aromatic rings. The second-order valence-electron chi connectivity index (χ2n) is 9.04. The van der Waals surface area contributed by atoms with Crippen molar-refractivity contribution in [3.8, 4) is 5.75 Å². The topological polar surface area (TPSA) is 61.9 Å². The fourth-order valence-electron chi connectivity index (χ4n) is 5.22. The molecule has 0 bridgehead atoms. The quantitative estimate of drug-likeness (QED) is 0.768. The van der Waals surface area contributed by atoms with Gasteiger partial charge in [0, 0.05) is 37.3 Å². The van der Waals surface area contributed by atoms with Gasteiger partial charge < -0.3 is 15.0 Å². The van der Waals surface area contributed by atoms with Crippen molar-refractivity contribution < 1.29 is 14.3 Å². The Morgan fingerprint density at radius 2 is 1.94 bits per heavy atom. The second kappa shape index (κ2) is 8.41. The maximum absolute atomic E-state index is 12.8. The van der Waals surface area contributed by atoms with Crippen molar-refractivity contribution >= 4 is 29.1 Å². The van der Waals surface area contributed by atoms with Gasteiger partial charge in [0.2, 0.25) is 11.8 Å². The summed E-state index contributed by atoms with van der Waals surface area (Å²) in [4.78, 5) is 28.6. The van der Waals surface area contributed by atoms with Crippen LogP contribution < -0.4 is 10.1 Å². The van der Waals surface area contributed by atoms with E-state index in [9.17, 15) is 9.59 Å². The lowest BCUT2D eigenvalue weighted by Crippen LogP contribution is -2.47. The number of piperidine rings is 1. The molecule has 0 atom stereocenters. The van der Waals surface area contributed by atoms with Gasteiger partial charge in [0.25, 0.3) is 0 Å². The van der Waals surface area contributed by atoms with Gasteiger partial charge in [0.05, 0.1) is 5.41 Å². The highest BCUT2D eigenvalue weighted by Gasteiger charge is 2.48. The molecule has 1 spiro atoms. The van der Waals surface area contributed by atoms with Gasteiger partial charge in [-0.1, -0.05) is 17.7 Å². The van der Waals surface area contributed by atoms with E-state index in [-0.39, 0.29) is 11.8 Å². The molecule has 1 fully saturated rings. The zero-order valence-corrected chi connectivity index (χ0v) is 19.1. The minimum Gasteiger partial charge on any atom is -0.492 e. The SMILES string of the molecule is CC(=O)N1CCc2cc(OCCN3CCC4(CC3)C(=O)Nc3ccc(Cl)cc34)ccc2C1. The third-order valence-corrected chi connectivity index (χ3v) is 7.44. The predicted molar refractivity (Wildman–Crippen MR) is 124 cm³/mol. The van der Waals surface area contributed by atoms with Crippen LogP contribution in [0.1, 0.15) is 36.5 Å². The first kappa shape index (κ1) is 21.3. The number of nitrogens with zero attached hydrogens (tertiary/aromatic N) is 2. The molecule has 7 heteroatoms. The molecule has 1 saturated heterocycles. The molecule has 3 aliphatic rings. The number of anilines is 1. The fourth-order valence-corrected chi connectivity index (χ4v) is 5.39. The molecule has 1 N–H and O–H groups in total. The number of rotatable bonds is 4. The van der Waals surface area contributed by atoms with Gasteiger partial charge in [-0.05, 0) is 79.4 Å². The van der Waals surface area contributed by atoms with Crippen LogP contribution in [0, 0.1) is 0 Å². The number of likely N-dealkylation sites (tertiary alicyclic amines) is 1. The van der Waals surface area contributed by atoms with Crippen molar-refractivity contribution in [3.63, 3.8) is 0 Å². The molecule has 3 aliphatic heterocycles. The number of carbonyl (C=O) groups is 2. The van der Waals surface area contributed by atoms with Gasteiger partial charge in [0.1, 0.15) is 12.4 Å². The summed E-state index contributed by atoms with van der Waals surface area (Å²) < 4.78 is 6.04. The maximum atomic E-state index is 12.8. The van der Waals surface area contributed by atoms with E-state index in [0.717, 1.165) is 62.4 Å². The lowest BCUT2D eigenvalue weighted by molar-refractivity contribution is -0.129. The Labute approximate surface area is 193 Å². The lowest BCUT2D eigenvalue weighted by atomic mass is 9.73. The molecule has 0 unspecified atom stereocenters. The Hall–Kier alpha value is -2.57. The number of halogens is 1. The standard InChI is InChI=1S/C25H28ClN3O3/c1-17(30)29-9-6-18-14-21(4-2-19(18)16-29)32-13-12-28-10-7-25(8-11-28)22-15-20(26)3-5-23(22)27-24(25)31/h2-5,14-15H,6-13,16H2,1H3,(H,27,31). The average molecular weight is 454 g/mol. The smallest absolute Gasteiger partial charge is 0.235 e. The monoisotopic (exact) mass is 453 g/mol. The van der Waals surface area contributed by atoms with Crippen molar-refractivity contribution in [2.75, 3.05) is 38.1 Å². The van der Waals surface area contributed by atoms with Crippen molar-refractivity contribution in [2.24, 2.45) is 0 Å². The first-order chi connectivity index (χ1) is 15.4. The fraction of sp³-hybridized carbons (Fsp3) is 0.440. The predicted octanol–water partition coefficient (Wildman–Crippen LogP) is 3.61. The van der Waals surface area contributed by atoms with E-state index in [1.54, 1.807) is 6.92 Å². The van der Waals surface area contributed by atoms with Crippen molar-refractivity contribution in [3.05, 3.63) is 58.1 Å². The molecule has 0 saturated carbocycles. The zero-order valence-electron chi connectivity index (χ0n) is 18.3. The second-order valence-corrected chi connectivity index (χ2v) is 9.47. The summed E-state index contributed by atoms with van der Waals surface area (Å²) in [6.45, 7) is 6.22. The van der Waals surface area contributed by atoms with Crippen molar-refractivity contribution in [1.29, 1.82) is 0 Å². The van der Waals surface area contributed by atoms with Crippen LogP contribution in [0.25, 0.3) is 0 Å². The van der Waals surface area contributed by atoms with Crippen LogP contribution >= 0.6 is 11.6 Å². The number of fused-ring (bicyclic) bond motifs is 3. The number of benzene rings is 2. The summed E-state index contributed by atoms with van der Waals surface area (Å²) in [5.74, 6) is 1.11. The Morgan fingerprint density at radius 3 is 2.72 bits per heavy atom. The molecular formula is C25H28ClN3O3. The molecule has 3 heterocycles. The average Bonchev–Trinajstić information content (AvgIpc) is 3.05. The lowest BCUT2D eigenvalue weighted by Gasteiger charge is -2.38. The van der Waals surface area contributed by atoms with E-state index < -0.39 is 5.41 Å². The number of hydrogen-bond donors (Lipinski definition) is 1. The van der Waals surface area contributed by atoms with Crippen LogP contribution in [0.2, 0.25) is 5.02 Å². The van der Waals surface area contributed by atoms with Crippen LogP contribution in [0.5, 0.6) is 5.75 Å². The van der Waals surface area contributed by atoms with Gasteiger partial charge in [-0.2, -0.15) is 0 Å². The largest absolute Gasteiger partial charge is 0.492 e. The van der Waals surface area contributed by atoms with Gasteiger partial charge in [-0.15, -0.1) is 0 Å². The van der Waals surface area contributed by atoms with E-state index in [2.05, 4.69) is 22.3 Å². The highest BCUT2D eigenvalue weighted by molar-refractivity contribution is 6.31. The number of amides is 2. The van der Waals surface area contributed by atoms with E-state index >= 15 is 0 Å². The molecule has 6 nitrogen and oxygen atoms in total. The van der Waals surface area contributed by atoms with Crippen LogP contribution in [0.15, 0.2) is 36.4 Å².